The van der Waals surface area contributed by atoms with Crippen molar-refractivity contribution in [1.29, 1.82) is 0 Å². The number of amides is 1. The van der Waals surface area contributed by atoms with Crippen molar-refractivity contribution in [2.45, 2.75) is 20.5 Å². The third-order valence-corrected chi connectivity index (χ3v) is 4.25. The zero-order valence-corrected chi connectivity index (χ0v) is 16.1. The Morgan fingerprint density at radius 3 is 2.69 bits per heavy atom. The summed E-state index contributed by atoms with van der Waals surface area (Å²) in [6.07, 6.45) is 1.65. The highest BCUT2D eigenvalue weighted by Crippen LogP contribution is 2.20. The van der Waals surface area contributed by atoms with Crippen molar-refractivity contribution >= 4 is 40.9 Å². The molecule has 0 aliphatic carbocycles. The Balaban J connectivity index is 1.64. The van der Waals surface area contributed by atoms with E-state index in [9.17, 15) is 4.79 Å². The van der Waals surface area contributed by atoms with Gasteiger partial charge in [-0.2, -0.15) is 0 Å². The predicted molar refractivity (Wildman–Crippen MR) is 105 cm³/mol. The van der Waals surface area contributed by atoms with Gasteiger partial charge in [0.05, 0.1) is 0 Å². The number of furan rings is 1. The molecule has 3 rings (SSSR count). The Labute approximate surface area is 162 Å². The average Bonchev–Trinajstić information content (AvgIpc) is 3.14. The quantitative estimate of drug-likeness (QED) is 0.591. The fourth-order valence-corrected chi connectivity index (χ4v) is 2.87. The molecule has 1 aliphatic rings. The monoisotopic (exact) mass is 390 g/mol. The maximum absolute atomic E-state index is 12.4. The standard InChI is InChI=1S/C19H19ClN2O3S/c1-12(2)10-22-18(23)17(21-19(22)26)9-15-7-8-16(25-15)11-24-14-5-3-13(20)4-6-14/h3-9,12H,10-11H2,1-2H3,(H,21,26)/b17-9+. The summed E-state index contributed by atoms with van der Waals surface area (Å²) in [6, 6.07) is 10.7. The summed E-state index contributed by atoms with van der Waals surface area (Å²) >= 11 is 11.1. The van der Waals surface area contributed by atoms with Gasteiger partial charge in [-0.05, 0) is 54.5 Å². The summed E-state index contributed by atoms with van der Waals surface area (Å²) in [5.41, 5.74) is 0.412. The summed E-state index contributed by atoms with van der Waals surface area (Å²) < 4.78 is 11.4. The molecule has 0 saturated carbocycles. The number of nitrogens with one attached hydrogen (secondary N) is 1. The maximum Gasteiger partial charge on any atom is 0.276 e. The van der Waals surface area contributed by atoms with Crippen LogP contribution >= 0.6 is 23.8 Å². The van der Waals surface area contributed by atoms with Crippen molar-refractivity contribution in [3.63, 3.8) is 0 Å². The number of carbonyl (C=O) groups excluding carboxylic acids is 1. The minimum Gasteiger partial charge on any atom is -0.486 e. The predicted octanol–water partition coefficient (Wildman–Crippen LogP) is 4.23. The highest BCUT2D eigenvalue weighted by Gasteiger charge is 2.31. The topological polar surface area (TPSA) is 54.7 Å². The van der Waals surface area contributed by atoms with E-state index in [-0.39, 0.29) is 12.5 Å². The van der Waals surface area contributed by atoms with Crippen molar-refractivity contribution in [3.05, 3.63) is 58.6 Å². The van der Waals surface area contributed by atoms with E-state index in [2.05, 4.69) is 5.32 Å². The van der Waals surface area contributed by atoms with Crippen LogP contribution in [0.3, 0.4) is 0 Å². The molecule has 1 amide bonds. The van der Waals surface area contributed by atoms with E-state index in [1.54, 1.807) is 41.3 Å². The van der Waals surface area contributed by atoms with Crippen molar-refractivity contribution in [2.75, 3.05) is 6.54 Å². The second kappa shape index (κ2) is 7.93. The molecule has 0 unspecified atom stereocenters. The van der Waals surface area contributed by atoms with Crippen molar-refractivity contribution in [3.8, 4) is 5.75 Å². The molecule has 7 heteroatoms. The van der Waals surface area contributed by atoms with E-state index < -0.39 is 0 Å². The van der Waals surface area contributed by atoms with Gasteiger partial charge in [-0.25, -0.2) is 0 Å². The van der Waals surface area contributed by atoms with Gasteiger partial charge in [0.1, 0.15) is 29.6 Å². The summed E-state index contributed by atoms with van der Waals surface area (Å²) in [6.45, 7) is 4.94. The molecule has 1 aromatic heterocycles. The molecule has 2 heterocycles. The molecule has 26 heavy (non-hydrogen) atoms. The molecule has 0 radical (unpaired) electrons. The molecule has 1 aliphatic heterocycles. The molecule has 2 aromatic rings. The van der Waals surface area contributed by atoms with Gasteiger partial charge in [0.2, 0.25) is 0 Å². The Kier molecular flexibility index (Phi) is 5.64. The third kappa shape index (κ3) is 4.45. The van der Waals surface area contributed by atoms with E-state index >= 15 is 0 Å². The maximum atomic E-state index is 12.4. The Morgan fingerprint density at radius 1 is 1.27 bits per heavy atom. The fraction of sp³-hybridized carbons (Fsp3) is 0.263. The first-order valence-electron chi connectivity index (χ1n) is 8.24. The second-order valence-electron chi connectivity index (χ2n) is 6.34. The second-order valence-corrected chi connectivity index (χ2v) is 7.17. The molecule has 1 aromatic carbocycles. The fourth-order valence-electron chi connectivity index (χ4n) is 2.48. The summed E-state index contributed by atoms with van der Waals surface area (Å²) in [5.74, 6) is 2.11. The molecule has 1 saturated heterocycles. The first-order valence-corrected chi connectivity index (χ1v) is 9.02. The Morgan fingerprint density at radius 2 is 2.00 bits per heavy atom. The molecule has 1 N–H and O–H groups in total. The summed E-state index contributed by atoms with van der Waals surface area (Å²) in [5, 5.41) is 4.02. The number of hydrogen-bond donors (Lipinski definition) is 1. The highest BCUT2D eigenvalue weighted by atomic mass is 35.5. The smallest absolute Gasteiger partial charge is 0.276 e. The third-order valence-electron chi connectivity index (χ3n) is 3.67. The van der Waals surface area contributed by atoms with Gasteiger partial charge in [0.15, 0.2) is 5.11 Å². The molecular formula is C19H19ClN2O3S. The average molecular weight is 391 g/mol. The number of rotatable bonds is 6. The van der Waals surface area contributed by atoms with Crippen LogP contribution in [0.2, 0.25) is 5.02 Å². The van der Waals surface area contributed by atoms with Gasteiger partial charge in [-0.3, -0.25) is 9.69 Å². The van der Waals surface area contributed by atoms with Crippen LogP contribution in [0, 0.1) is 5.92 Å². The van der Waals surface area contributed by atoms with Crippen LogP contribution < -0.4 is 10.1 Å². The molecule has 5 nitrogen and oxygen atoms in total. The lowest BCUT2D eigenvalue weighted by atomic mass is 10.2. The number of benzene rings is 1. The van der Waals surface area contributed by atoms with E-state index in [0.717, 1.165) is 0 Å². The van der Waals surface area contributed by atoms with E-state index in [1.807, 2.05) is 19.9 Å². The number of hydrogen-bond acceptors (Lipinski definition) is 4. The van der Waals surface area contributed by atoms with E-state index in [4.69, 9.17) is 33.0 Å². The van der Waals surface area contributed by atoms with Crippen LogP contribution in [0.5, 0.6) is 5.75 Å². The zero-order valence-electron chi connectivity index (χ0n) is 14.5. The minimum absolute atomic E-state index is 0.140. The van der Waals surface area contributed by atoms with Crippen LogP contribution in [-0.4, -0.2) is 22.5 Å². The lowest BCUT2D eigenvalue weighted by molar-refractivity contribution is -0.122. The van der Waals surface area contributed by atoms with Gasteiger partial charge in [0.25, 0.3) is 5.91 Å². The first-order chi connectivity index (χ1) is 12.4. The molecule has 1 fully saturated rings. The Hall–Kier alpha value is -2.31. The molecule has 0 atom stereocenters. The number of nitrogens with zero attached hydrogens (tertiary/aromatic N) is 1. The molecular weight excluding hydrogens is 372 g/mol. The van der Waals surface area contributed by atoms with Gasteiger partial charge in [-0.15, -0.1) is 0 Å². The molecule has 136 valence electrons. The van der Waals surface area contributed by atoms with Crippen molar-refractivity contribution < 1.29 is 13.9 Å². The zero-order chi connectivity index (χ0) is 18.7. The normalized spacial score (nSPS) is 15.8. The SMILES string of the molecule is CC(C)CN1C(=O)/C(=C\c2ccc(COc3ccc(Cl)cc3)o2)NC1=S. The molecule has 0 bridgehead atoms. The largest absolute Gasteiger partial charge is 0.486 e. The van der Waals surface area contributed by atoms with Crippen LogP contribution in [0.25, 0.3) is 6.08 Å². The van der Waals surface area contributed by atoms with E-state index in [1.165, 1.54) is 0 Å². The van der Waals surface area contributed by atoms with Gasteiger partial charge in [0, 0.05) is 17.6 Å². The van der Waals surface area contributed by atoms with Gasteiger partial charge >= 0.3 is 0 Å². The summed E-state index contributed by atoms with van der Waals surface area (Å²) in [4.78, 5) is 14.0. The van der Waals surface area contributed by atoms with Crippen LogP contribution in [0.4, 0.5) is 0 Å². The van der Waals surface area contributed by atoms with Crippen LogP contribution in [0.15, 0.2) is 46.5 Å². The van der Waals surface area contributed by atoms with Gasteiger partial charge in [-0.1, -0.05) is 25.4 Å². The Bertz CT molecular complexity index is 843. The lowest BCUT2D eigenvalue weighted by Gasteiger charge is -2.15. The lowest BCUT2D eigenvalue weighted by Crippen LogP contribution is -2.33. The molecule has 0 spiro atoms. The van der Waals surface area contributed by atoms with Gasteiger partial charge < -0.3 is 14.5 Å². The summed E-state index contributed by atoms with van der Waals surface area (Å²) in [7, 11) is 0. The van der Waals surface area contributed by atoms with Crippen molar-refractivity contribution in [2.24, 2.45) is 5.92 Å². The minimum atomic E-state index is -0.140. The highest BCUT2D eigenvalue weighted by molar-refractivity contribution is 7.80. The van der Waals surface area contributed by atoms with Crippen LogP contribution in [0.1, 0.15) is 25.4 Å². The number of carbonyl (C=O) groups is 1. The number of thiocarbonyl (C=S) groups is 1. The van der Waals surface area contributed by atoms with Crippen LogP contribution in [-0.2, 0) is 11.4 Å². The van der Waals surface area contributed by atoms with Crippen molar-refractivity contribution in [1.82, 2.24) is 10.2 Å². The first kappa shape index (κ1) is 18.5. The number of halogens is 1. The van der Waals surface area contributed by atoms with E-state index in [0.29, 0.717) is 45.6 Å². The number of ether oxygens (including phenoxy) is 1.